The van der Waals surface area contributed by atoms with Crippen LogP contribution in [-0.2, 0) is 18.7 Å². The summed E-state index contributed by atoms with van der Waals surface area (Å²) in [5.74, 6) is -0.398. The molecule has 0 bridgehead atoms. The fraction of sp³-hybridized carbons (Fsp3) is 0.727. The Morgan fingerprint density at radius 3 is 3.00 bits per heavy atom. The van der Waals surface area contributed by atoms with E-state index in [0.717, 1.165) is 5.57 Å². The van der Waals surface area contributed by atoms with Crippen molar-refractivity contribution in [3.63, 3.8) is 0 Å². The normalized spacial score (nSPS) is 41.6. The van der Waals surface area contributed by atoms with Gasteiger partial charge in [0.1, 0.15) is 22.2 Å². The number of esters is 1. The lowest BCUT2D eigenvalue weighted by Gasteiger charge is -2.30. The van der Waals surface area contributed by atoms with Crippen LogP contribution in [0.15, 0.2) is 12.2 Å². The quantitative estimate of drug-likeness (QED) is 0.301. The first-order valence-corrected chi connectivity index (χ1v) is 6.42. The number of carbonyl (C=O) groups is 1. The van der Waals surface area contributed by atoms with Gasteiger partial charge in [0.15, 0.2) is 0 Å². The summed E-state index contributed by atoms with van der Waals surface area (Å²) in [6.07, 6.45) is 0.560. The van der Waals surface area contributed by atoms with Crippen LogP contribution in [0.5, 0.6) is 0 Å². The zero-order valence-electron chi connectivity index (χ0n) is 9.99. The lowest BCUT2D eigenvalue weighted by molar-refractivity contribution is -0.151. The van der Waals surface area contributed by atoms with Crippen LogP contribution in [0.2, 0.25) is 0 Å². The SMILES string of the molecule is C=C1C(O[SiH3])CC(C(=O)OCC)C2(C)OC12. The third-order valence-electron chi connectivity index (χ3n) is 3.58. The fourth-order valence-corrected chi connectivity index (χ4v) is 3.01. The van der Waals surface area contributed by atoms with Crippen molar-refractivity contribution in [3.05, 3.63) is 12.2 Å². The molecule has 4 unspecified atom stereocenters. The molecule has 0 amide bonds. The zero-order valence-corrected chi connectivity index (χ0v) is 12.0. The van der Waals surface area contributed by atoms with E-state index in [4.69, 9.17) is 13.9 Å². The van der Waals surface area contributed by atoms with Crippen molar-refractivity contribution in [3.8, 4) is 0 Å². The predicted molar refractivity (Wildman–Crippen MR) is 62.0 cm³/mol. The van der Waals surface area contributed by atoms with Crippen LogP contribution < -0.4 is 0 Å². The first-order valence-electron chi connectivity index (χ1n) is 5.60. The first kappa shape index (κ1) is 11.8. The molecule has 0 N–H and O–H groups in total. The van der Waals surface area contributed by atoms with Crippen molar-refractivity contribution in [2.75, 3.05) is 6.61 Å². The molecule has 5 heteroatoms. The summed E-state index contributed by atoms with van der Waals surface area (Å²) < 4.78 is 16.2. The van der Waals surface area contributed by atoms with Crippen LogP contribution >= 0.6 is 0 Å². The minimum Gasteiger partial charge on any atom is -0.466 e. The molecular weight excluding hydrogens is 224 g/mol. The maximum atomic E-state index is 11.8. The number of ether oxygens (including phenoxy) is 2. The lowest BCUT2D eigenvalue weighted by atomic mass is 9.76. The molecule has 16 heavy (non-hydrogen) atoms. The van der Waals surface area contributed by atoms with E-state index in [1.165, 1.54) is 0 Å². The molecule has 0 spiro atoms. The topological polar surface area (TPSA) is 48.1 Å². The van der Waals surface area contributed by atoms with Gasteiger partial charge in [-0.15, -0.1) is 0 Å². The second-order valence-electron chi connectivity index (χ2n) is 4.52. The number of hydrogen-bond donors (Lipinski definition) is 0. The summed E-state index contributed by atoms with van der Waals surface area (Å²) in [7, 11) is 0.640. The molecule has 0 aromatic rings. The Morgan fingerprint density at radius 2 is 2.44 bits per heavy atom. The monoisotopic (exact) mass is 242 g/mol. The highest BCUT2D eigenvalue weighted by Crippen LogP contribution is 2.53. The Bertz CT molecular complexity index is 326. The average Bonchev–Trinajstić information content (AvgIpc) is 2.93. The van der Waals surface area contributed by atoms with Crippen LogP contribution in [-0.4, -0.2) is 40.9 Å². The third kappa shape index (κ3) is 1.63. The van der Waals surface area contributed by atoms with E-state index in [1.807, 2.05) is 13.8 Å². The molecule has 4 nitrogen and oxygen atoms in total. The average molecular weight is 242 g/mol. The molecule has 2 fully saturated rings. The van der Waals surface area contributed by atoms with E-state index >= 15 is 0 Å². The van der Waals surface area contributed by atoms with Crippen LogP contribution in [0.1, 0.15) is 20.3 Å². The van der Waals surface area contributed by atoms with Crippen LogP contribution in [0, 0.1) is 5.92 Å². The van der Waals surface area contributed by atoms with Crippen LogP contribution in [0.25, 0.3) is 0 Å². The van der Waals surface area contributed by atoms with Gasteiger partial charge in [-0.25, -0.2) is 0 Å². The molecule has 90 valence electrons. The summed E-state index contributed by atoms with van der Waals surface area (Å²) in [5.41, 5.74) is 0.568. The largest absolute Gasteiger partial charge is 0.466 e. The molecule has 0 aromatic carbocycles. The molecule has 2 rings (SSSR count). The minimum absolute atomic E-state index is 0.0328. The van der Waals surface area contributed by atoms with E-state index in [9.17, 15) is 4.79 Å². The summed E-state index contributed by atoms with van der Waals surface area (Å²) in [6.45, 7) is 8.17. The van der Waals surface area contributed by atoms with Crippen molar-refractivity contribution >= 4 is 16.5 Å². The molecule has 0 aromatic heterocycles. The Kier molecular flexibility index (Phi) is 2.94. The summed E-state index contributed by atoms with van der Waals surface area (Å²) in [5, 5.41) is 0. The zero-order chi connectivity index (χ0) is 11.9. The Morgan fingerprint density at radius 1 is 1.75 bits per heavy atom. The molecule has 1 saturated heterocycles. The summed E-state index contributed by atoms with van der Waals surface area (Å²) in [4.78, 5) is 11.8. The van der Waals surface area contributed by atoms with Gasteiger partial charge < -0.3 is 13.9 Å². The molecule has 0 radical (unpaired) electrons. The van der Waals surface area contributed by atoms with Gasteiger partial charge >= 0.3 is 5.97 Å². The van der Waals surface area contributed by atoms with E-state index in [1.54, 1.807) is 0 Å². The second kappa shape index (κ2) is 3.98. The van der Waals surface area contributed by atoms with Crippen molar-refractivity contribution in [1.82, 2.24) is 0 Å². The van der Waals surface area contributed by atoms with E-state index in [2.05, 4.69) is 6.58 Å². The number of rotatable bonds is 3. The van der Waals surface area contributed by atoms with Gasteiger partial charge in [-0.05, 0) is 25.8 Å². The van der Waals surface area contributed by atoms with Crippen molar-refractivity contribution in [2.45, 2.75) is 38.1 Å². The standard InChI is InChI=1S/C11H18O4Si/c1-4-13-10(12)7-5-8(15-16)6(2)9-11(7,3)14-9/h7-9H,2,4-5H2,1,3,16H3. The maximum Gasteiger partial charge on any atom is 0.312 e. The van der Waals surface area contributed by atoms with Gasteiger partial charge in [-0.2, -0.15) is 0 Å². The molecule has 1 saturated carbocycles. The molecule has 1 aliphatic heterocycles. The highest BCUT2D eigenvalue weighted by Gasteiger charge is 2.65. The summed E-state index contributed by atoms with van der Waals surface area (Å²) >= 11 is 0. The fourth-order valence-electron chi connectivity index (χ4n) is 2.52. The van der Waals surface area contributed by atoms with Crippen LogP contribution in [0.3, 0.4) is 0 Å². The number of carbonyl (C=O) groups excluding carboxylic acids is 1. The minimum atomic E-state index is -0.403. The van der Waals surface area contributed by atoms with Gasteiger partial charge in [0, 0.05) is 0 Å². The number of epoxide rings is 1. The van der Waals surface area contributed by atoms with Crippen molar-refractivity contribution < 1.29 is 18.7 Å². The molecule has 4 atom stereocenters. The number of fused-ring (bicyclic) bond motifs is 1. The summed E-state index contributed by atoms with van der Waals surface area (Å²) in [6, 6.07) is 0. The van der Waals surface area contributed by atoms with Gasteiger partial charge in [0.2, 0.25) is 0 Å². The van der Waals surface area contributed by atoms with Gasteiger partial charge in [-0.1, -0.05) is 6.58 Å². The smallest absolute Gasteiger partial charge is 0.312 e. The highest BCUT2D eigenvalue weighted by atomic mass is 28.2. The second-order valence-corrected chi connectivity index (χ2v) is 4.99. The molecular formula is C11H18O4Si. The van der Waals surface area contributed by atoms with E-state index in [-0.39, 0.29) is 24.1 Å². The lowest BCUT2D eigenvalue weighted by Crippen LogP contribution is -2.41. The third-order valence-corrected chi connectivity index (χ3v) is 4.15. The van der Waals surface area contributed by atoms with Gasteiger partial charge in [0.25, 0.3) is 0 Å². The van der Waals surface area contributed by atoms with E-state index in [0.29, 0.717) is 23.5 Å². The van der Waals surface area contributed by atoms with Crippen LogP contribution in [0.4, 0.5) is 0 Å². The van der Waals surface area contributed by atoms with Gasteiger partial charge in [0.05, 0.1) is 18.6 Å². The maximum absolute atomic E-state index is 11.8. The Labute approximate surface area is 98.5 Å². The van der Waals surface area contributed by atoms with E-state index < -0.39 is 5.60 Å². The van der Waals surface area contributed by atoms with Gasteiger partial charge in [-0.3, -0.25) is 4.79 Å². The molecule has 1 heterocycles. The predicted octanol–water partition coefficient (Wildman–Crippen LogP) is -0.0513. The number of hydrogen-bond acceptors (Lipinski definition) is 4. The first-order chi connectivity index (χ1) is 7.54. The molecule has 1 aliphatic carbocycles. The Balaban J connectivity index is 2.14. The van der Waals surface area contributed by atoms with Crippen molar-refractivity contribution in [2.24, 2.45) is 5.92 Å². The van der Waals surface area contributed by atoms with Crippen molar-refractivity contribution in [1.29, 1.82) is 0 Å². The Hall–Kier alpha value is -0.653. The highest BCUT2D eigenvalue weighted by molar-refractivity contribution is 5.98. The molecule has 2 aliphatic rings.